The summed E-state index contributed by atoms with van der Waals surface area (Å²) in [6.07, 6.45) is 15.4. The van der Waals surface area contributed by atoms with Crippen LogP contribution in [0.2, 0.25) is 0 Å². The molecular formula is C25H25N9O. The SMILES string of the molecule is CC(C)NC(=O)c1cnc(N2C=CCC(CC#N)(n3cc(-c4ccnc5[nH]ccc45)cn3)C2)cn1. The lowest BCUT2D eigenvalue weighted by atomic mass is 9.89. The maximum atomic E-state index is 12.2. The van der Waals surface area contributed by atoms with Crippen molar-refractivity contribution in [2.75, 3.05) is 11.4 Å². The summed E-state index contributed by atoms with van der Waals surface area (Å²) in [6.45, 7) is 4.27. The molecule has 0 saturated carbocycles. The number of H-pyrrole nitrogens is 1. The third kappa shape index (κ3) is 4.24. The molecule has 0 fully saturated rings. The molecule has 4 aromatic heterocycles. The predicted octanol–water partition coefficient (Wildman–Crippen LogP) is 3.39. The summed E-state index contributed by atoms with van der Waals surface area (Å²) >= 11 is 0. The zero-order valence-electron chi connectivity index (χ0n) is 19.5. The van der Waals surface area contributed by atoms with Crippen molar-refractivity contribution in [2.45, 2.75) is 38.3 Å². The number of hydrogen-bond donors (Lipinski definition) is 2. The Morgan fingerprint density at radius 1 is 1.26 bits per heavy atom. The average molecular weight is 468 g/mol. The second-order valence-corrected chi connectivity index (χ2v) is 8.94. The number of carbonyl (C=O) groups is 1. The zero-order chi connectivity index (χ0) is 24.4. The van der Waals surface area contributed by atoms with Crippen molar-refractivity contribution < 1.29 is 4.79 Å². The van der Waals surface area contributed by atoms with Crippen molar-refractivity contribution in [3.05, 3.63) is 67.3 Å². The number of nitriles is 1. The zero-order valence-corrected chi connectivity index (χ0v) is 19.5. The fourth-order valence-corrected chi connectivity index (χ4v) is 4.37. The van der Waals surface area contributed by atoms with Crippen molar-refractivity contribution in [1.29, 1.82) is 5.26 Å². The van der Waals surface area contributed by atoms with Crippen LogP contribution in [-0.4, -0.2) is 48.2 Å². The van der Waals surface area contributed by atoms with E-state index in [-0.39, 0.29) is 24.1 Å². The molecule has 1 aliphatic heterocycles. The molecule has 0 bridgehead atoms. The molecule has 0 aliphatic carbocycles. The Bertz CT molecular complexity index is 1430. The minimum absolute atomic E-state index is 0.0139. The number of amides is 1. The van der Waals surface area contributed by atoms with E-state index >= 15 is 0 Å². The predicted molar refractivity (Wildman–Crippen MR) is 131 cm³/mol. The molecule has 1 amide bonds. The first-order valence-electron chi connectivity index (χ1n) is 11.4. The fourth-order valence-electron chi connectivity index (χ4n) is 4.37. The van der Waals surface area contributed by atoms with Gasteiger partial charge in [0.2, 0.25) is 0 Å². The first-order chi connectivity index (χ1) is 17.0. The molecule has 10 heteroatoms. The minimum atomic E-state index is -0.582. The lowest BCUT2D eigenvalue weighted by molar-refractivity contribution is 0.0937. The minimum Gasteiger partial charge on any atom is -0.348 e. The highest BCUT2D eigenvalue weighted by Crippen LogP contribution is 2.34. The Kier molecular flexibility index (Phi) is 5.74. The van der Waals surface area contributed by atoms with E-state index in [1.54, 1.807) is 12.4 Å². The number of fused-ring (bicyclic) bond motifs is 1. The number of carbonyl (C=O) groups excluding carboxylic acids is 1. The van der Waals surface area contributed by atoms with Gasteiger partial charge in [0.15, 0.2) is 5.82 Å². The van der Waals surface area contributed by atoms with Gasteiger partial charge >= 0.3 is 0 Å². The van der Waals surface area contributed by atoms with Gasteiger partial charge in [-0.3, -0.25) is 9.48 Å². The van der Waals surface area contributed by atoms with E-state index in [9.17, 15) is 10.1 Å². The number of anilines is 1. The summed E-state index contributed by atoms with van der Waals surface area (Å²) in [7, 11) is 0. The van der Waals surface area contributed by atoms with Crippen molar-refractivity contribution in [1.82, 2.24) is 35.0 Å². The summed E-state index contributed by atoms with van der Waals surface area (Å²) in [5, 5.41) is 18.2. The lowest BCUT2D eigenvalue weighted by Crippen LogP contribution is -2.46. The standard InChI is InChI=1S/C25H25N9O/c1-17(2)32-24(35)21-13-30-22(14-29-21)33-11-3-6-25(16-33,7-8-26)34-15-18(12-31-34)19-4-9-27-23-20(19)5-10-28-23/h3-5,9-15,17H,6-7,16H2,1-2H3,(H,27,28)(H,32,35). The average Bonchev–Trinajstić information content (AvgIpc) is 3.54. The smallest absolute Gasteiger partial charge is 0.271 e. The summed E-state index contributed by atoms with van der Waals surface area (Å²) in [5.74, 6) is 0.337. The second kappa shape index (κ2) is 9.02. The van der Waals surface area contributed by atoms with Gasteiger partial charge in [-0.15, -0.1) is 0 Å². The van der Waals surface area contributed by atoms with Gasteiger partial charge < -0.3 is 15.2 Å². The highest BCUT2D eigenvalue weighted by Gasteiger charge is 2.37. The van der Waals surface area contributed by atoms with Gasteiger partial charge in [-0.25, -0.2) is 15.0 Å². The Labute approximate surface area is 202 Å². The van der Waals surface area contributed by atoms with Crippen molar-refractivity contribution in [3.63, 3.8) is 0 Å². The molecule has 10 nitrogen and oxygen atoms in total. The highest BCUT2D eigenvalue weighted by atomic mass is 16.1. The van der Waals surface area contributed by atoms with Crippen molar-refractivity contribution >= 4 is 22.8 Å². The first kappa shape index (κ1) is 22.3. The first-order valence-corrected chi connectivity index (χ1v) is 11.4. The quantitative estimate of drug-likeness (QED) is 0.445. The number of allylic oxidation sites excluding steroid dienone is 1. The van der Waals surface area contributed by atoms with Gasteiger partial charge in [0.25, 0.3) is 5.91 Å². The van der Waals surface area contributed by atoms with Crippen LogP contribution >= 0.6 is 0 Å². The van der Waals surface area contributed by atoms with Crippen LogP contribution in [0, 0.1) is 11.3 Å². The molecule has 1 unspecified atom stereocenters. The number of aromatic amines is 1. The van der Waals surface area contributed by atoms with Gasteiger partial charge in [-0.2, -0.15) is 10.4 Å². The van der Waals surface area contributed by atoms with E-state index in [0.29, 0.717) is 18.8 Å². The number of hydrogen-bond acceptors (Lipinski definition) is 7. The molecule has 0 saturated heterocycles. The molecule has 0 spiro atoms. The molecule has 1 atom stereocenters. The maximum Gasteiger partial charge on any atom is 0.271 e. The highest BCUT2D eigenvalue weighted by molar-refractivity contribution is 5.93. The van der Waals surface area contributed by atoms with Crippen LogP contribution in [-0.2, 0) is 5.54 Å². The Balaban J connectivity index is 1.43. The summed E-state index contributed by atoms with van der Waals surface area (Å²) in [5.41, 5.74) is 2.48. The van der Waals surface area contributed by atoms with Gasteiger partial charge in [-0.05, 0) is 38.0 Å². The van der Waals surface area contributed by atoms with E-state index in [0.717, 1.165) is 22.2 Å². The van der Waals surface area contributed by atoms with Gasteiger partial charge in [0.1, 0.15) is 11.3 Å². The van der Waals surface area contributed by atoms with E-state index < -0.39 is 5.54 Å². The molecule has 35 heavy (non-hydrogen) atoms. The molecule has 0 aromatic carbocycles. The van der Waals surface area contributed by atoms with Gasteiger partial charge in [0, 0.05) is 41.8 Å². The summed E-state index contributed by atoms with van der Waals surface area (Å²) in [4.78, 5) is 30.4. The molecule has 5 heterocycles. The van der Waals surface area contributed by atoms with Crippen LogP contribution in [0.15, 0.2) is 61.6 Å². The van der Waals surface area contributed by atoms with Crippen LogP contribution < -0.4 is 10.2 Å². The van der Waals surface area contributed by atoms with E-state index in [1.165, 1.54) is 6.20 Å². The summed E-state index contributed by atoms with van der Waals surface area (Å²) < 4.78 is 1.89. The van der Waals surface area contributed by atoms with Crippen LogP contribution in [0.25, 0.3) is 22.2 Å². The topological polar surface area (TPSA) is 128 Å². The number of rotatable bonds is 6. The Morgan fingerprint density at radius 3 is 2.91 bits per heavy atom. The van der Waals surface area contributed by atoms with E-state index in [1.807, 2.05) is 66.4 Å². The number of aromatic nitrogens is 6. The normalized spacial score (nSPS) is 17.6. The lowest BCUT2D eigenvalue weighted by Gasteiger charge is -2.38. The second-order valence-electron chi connectivity index (χ2n) is 8.94. The van der Waals surface area contributed by atoms with Crippen molar-refractivity contribution in [3.8, 4) is 17.2 Å². The molecular weight excluding hydrogens is 442 g/mol. The third-order valence-corrected chi connectivity index (χ3v) is 6.08. The van der Waals surface area contributed by atoms with Crippen LogP contribution in [0.1, 0.15) is 37.2 Å². The van der Waals surface area contributed by atoms with Crippen LogP contribution in [0.4, 0.5) is 5.82 Å². The Morgan fingerprint density at radius 2 is 2.14 bits per heavy atom. The number of pyridine rings is 1. The Hall–Kier alpha value is -4.52. The van der Waals surface area contributed by atoms with E-state index in [4.69, 9.17) is 0 Å². The van der Waals surface area contributed by atoms with Crippen LogP contribution in [0.3, 0.4) is 0 Å². The summed E-state index contributed by atoms with van der Waals surface area (Å²) in [6, 6.07) is 6.32. The van der Waals surface area contributed by atoms with Gasteiger partial charge in [0.05, 0.1) is 43.2 Å². The third-order valence-electron chi connectivity index (χ3n) is 6.08. The van der Waals surface area contributed by atoms with Crippen molar-refractivity contribution in [2.24, 2.45) is 0 Å². The molecule has 1 aliphatic rings. The monoisotopic (exact) mass is 467 g/mol. The molecule has 5 rings (SSSR count). The molecule has 4 aromatic rings. The number of nitrogens with zero attached hydrogens (tertiary/aromatic N) is 7. The number of nitrogens with one attached hydrogen (secondary N) is 2. The molecule has 176 valence electrons. The molecule has 0 radical (unpaired) electrons. The molecule has 2 N–H and O–H groups in total. The maximum absolute atomic E-state index is 12.2. The van der Waals surface area contributed by atoms with E-state index in [2.05, 4.69) is 36.4 Å². The fraction of sp³-hybridized carbons (Fsp3) is 0.280. The van der Waals surface area contributed by atoms with Gasteiger partial charge in [-0.1, -0.05) is 6.08 Å². The van der Waals surface area contributed by atoms with Crippen LogP contribution in [0.5, 0.6) is 0 Å². The largest absolute Gasteiger partial charge is 0.348 e.